The zero-order valence-corrected chi connectivity index (χ0v) is 11.1. The second-order valence-corrected chi connectivity index (χ2v) is 5.07. The molecule has 1 heterocycles. The molecule has 0 aromatic heterocycles. The number of carbonyl (C=O) groups is 1. The molecule has 98 valence electrons. The summed E-state index contributed by atoms with van der Waals surface area (Å²) in [7, 11) is 0. The van der Waals surface area contributed by atoms with E-state index >= 15 is 0 Å². The van der Waals surface area contributed by atoms with Gasteiger partial charge in [0.1, 0.15) is 0 Å². The maximum atomic E-state index is 11.2. The van der Waals surface area contributed by atoms with Crippen LogP contribution in [0, 0.1) is 0 Å². The molecule has 5 heteroatoms. The molecule has 1 aromatic rings. The highest BCUT2D eigenvalue weighted by Crippen LogP contribution is 2.27. The summed E-state index contributed by atoms with van der Waals surface area (Å²) in [6.45, 7) is 5.30. The molecule has 2 atom stereocenters. The molecule has 2 unspecified atom stereocenters. The van der Waals surface area contributed by atoms with Gasteiger partial charge in [-0.3, -0.25) is 0 Å². The predicted octanol–water partition coefficient (Wildman–Crippen LogP) is 2.65. The van der Waals surface area contributed by atoms with Gasteiger partial charge in [0.2, 0.25) is 0 Å². The molecule has 1 aliphatic heterocycles. The summed E-state index contributed by atoms with van der Waals surface area (Å²) in [6, 6.07) is 4.85. The van der Waals surface area contributed by atoms with E-state index in [1.54, 1.807) is 18.2 Å². The third-order valence-electron chi connectivity index (χ3n) is 2.95. The van der Waals surface area contributed by atoms with Gasteiger partial charge in [0.25, 0.3) is 0 Å². The highest BCUT2D eigenvalue weighted by Gasteiger charge is 2.25. The molecule has 0 amide bonds. The highest BCUT2D eigenvalue weighted by atomic mass is 35.5. The number of hydrogen-bond donors (Lipinski definition) is 1. The zero-order valence-electron chi connectivity index (χ0n) is 10.4. The van der Waals surface area contributed by atoms with E-state index in [4.69, 9.17) is 16.3 Å². The minimum atomic E-state index is -0.937. The van der Waals surface area contributed by atoms with E-state index in [1.165, 1.54) is 0 Å². The van der Waals surface area contributed by atoms with Gasteiger partial charge in [-0.15, -0.1) is 0 Å². The predicted molar refractivity (Wildman–Crippen MR) is 70.6 cm³/mol. The Kier molecular flexibility index (Phi) is 3.78. The lowest BCUT2D eigenvalue weighted by atomic mass is 10.1. The molecular weight excluding hydrogens is 254 g/mol. The molecule has 2 rings (SSSR count). The van der Waals surface area contributed by atoms with E-state index < -0.39 is 5.97 Å². The maximum Gasteiger partial charge on any atom is 0.337 e. The number of anilines is 1. The van der Waals surface area contributed by atoms with Crippen LogP contribution < -0.4 is 4.90 Å². The van der Waals surface area contributed by atoms with Crippen LogP contribution in [0.3, 0.4) is 0 Å². The first-order chi connectivity index (χ1) is 8.47. The first-order valence-corrected chi connectivity index (χ1v) is 6.28. The lowest BCUT2D eigenvalue weighted by Gasteiger charge is -2.37. The first-order valence-electron chi connectivity index (χ1n) is 5.90. The Morgan fingerprint density at radius 2 is 2.00 bits per heavy atom. The number of nitrogens with zero attached hydrogens (tertiary/aromatic N) is 1. The number of benzene rings is 1. The summed E-state index contributed by atoms with van der Waals surface area (Å²) >= 11 is 5.96. The van der Waals surface area contributed by atoms with Crippen molar-refractivity contribution < 1.29 is 14.6 Å². The Bertz CT molecular complexity index is 454. The van der Waals surface area contributed by atoms with Crippen molar-refractivity contribution in [2.24, 2.45) is 0 Å². The zero-order chi connectivity index (χ0) is 13.3. The van der Waals surface area contributed by atoms with Crippen LogP contribution in [0.15, 0.2) is 18.2 Å². The van der Waals surface area contributed by atoms with Crippen molar-refractivity contribution in [3.05, 3.63) is 28.8 Å². The molecule has 0 saturated carbocycles. The normalized spacial score (nSPS) is 24.1. The molecule has 1 saturated heterocycles. The van der Waals surface area contributed by atoms with E-state index in [-0.39, 0.29) is 17.8 Å². The number of morpholine rings is 1. The molecule has 1 N–H and O–H groups in total. The summed E-state index contributed by atoms with van der Waals surface area (Å²) in [4.78, 5) is 13.3. The van der Waals surface area contributed by atoms with Crippen LogP contribution in [0.2, 0.25) is 5.02 Å². The minimum absolute atomic E-state index is 0.0781. The number of rotatable bonds is 2. The Balaban J connectivity index is 2.36. The van der Waals surface area contributed by atoms with Crippen LogP contribution in [-0.4, -0.2) is 36.4 Å². The quantitative estimate of drug-likeness (QED) is 0.897. The van der Waals surface area contributed by atoms with Crippen LogP contribution in [0.1, 0.15) is 24.2 Å². The van der Waals surface area contributed by atoms with Gasteiger partial charge in [0, 0.05) is 18.1 Å². The van der Waals surface area contributed by atoms with Gasteiger partial charge >= 0.3 is 5.97 Å². The van der Waals surface area contributed by atoms with Gasteiger partial charge in [0.05, 0.1) is 23.5 Å². The number of aromatic carboxylic acids is 1. The number of halogens is 1. The van der Waals surface area contributed by atoms with Gasteiger partial charge in [-0.05, 0) is 32.0 Å². The highest BCUT2D eigenvalue weighted by molar-refractivity contribution is 6.31. The molecule has 0 spiro atoms. The van der Waals surface area contributed by atoms with E-state index in [0.717, 1.165) is 0 Å². The fourth-order valence-electron chi connectivity index (χ4n) is 2.32. The molecule has 0 bridgehead atoms. The van der Waals surface area contributed by atoms with Crippen LogP contribution in [0.4, 0.5) is 5.69 Å². The number of ether oxygens (including phenoxy) is 1. The molecule has 0 aliphatic carbocycles. The minimum Gasteiger partial charge on any atom is -0.478 e. The van der Waals surface area contributed by atoms with E-state index in [9.17, 15) is 9.90 Å². The fourth-order valence-corrected chi connectivity index (χ4v) is 2.49. The Hall–Kier alpha value is -1.26. The molecule has 0 radical (unpaired) electrons. The smallest absolute Gasteiger partial charge is 0.337 e. The Morgan fingerprint density at radius 3 is 2.56 bits per heavy atom. The number of hydrogen-bond acceptors (Lipinski definition) is 3. The average Bonchev–Trinajstić information content (AvgIpc) is 2.27. The largest absolute Gasteiger partial charge is 0.478 e. The van der Waals surface area contributed by atoms with Gasteiger partial charge in [-0.1, -0.05) is 11.6 Å². The van der Waals surface area contributed by atoms with Gasteiger partial charge in [0.15, 0.2) is 0 Å². The SMILES string of the molecule is CC1CN(c2cc(Cl)ccc2C(=O)O)CC(C)O1. The summed E-state index contributed by atoms with van der Waals surface area (Å²) in [5.41, 5.74) is 0.942. The summed E-state index contributed by atoms with van der Waals surface area (Å²) in [6.07, 6.45) is 0.156. The van der Waals surface area contributed by atoms with Crippen LogP contribution in [-0.2, 0) is 4.74 Å². The van der Waals surface area contributed by atoms with Crippen molar-refractivity contribution >= 4 is 23.3 Å². The second-order valence-electron chi connectivity index (χ2n) is 4.63. The lowest BCUT2D eigenvalue weighted by Crippen LogP contribution is -2.46. The van der Waals surface area contributed by atoms with Gasteiger partial charge < -0.3 is 14.7 Å². The van der Waals surface area contributed by atoms with Crippen molar-refractivity contribution in [2.45, 2.75) is 26.1 Å². The Labute approximate surface area is 111 Å². The summed E-state index contributed by atoms with van der Waals surface area (Å²) < 4.78 is 5.65. The van der Waals surface area contributed by atoms with Crippen molar-refractivity contribution in [2.75, 3.05) is 18.0 Å². The molecule has 18 heavy (non-hydrogen) atoms. The lowest BCUT2D eigenvalue weighted by molar-refractivity contribution is -0.00531. The molecule has 1 aromatic carbocycles. The first kappa shape index (κ1) is 13.2. The van der Waals surface area contributed by atoms with Gasteiger partial charge in [-0.2, -0.15) is 0 Å². The monoisotopic (exact) mass is 269 g/mol. The van der Waals surface area contributed by atoms with E-state index in [2.05, 4.69) is 0 Å². The summed E-state index contributed by atoms with van der Waals surface area (Å²) in [5, 5.41) is 9.76. The summed E-state index contributed by atoms with van der Waals surface area (Å²) in [5.74, 6) is -0.937. The van der Waals surface area contributed by atoms with E-state index in [0.29, 0.717) is 23.8 Å². The molecule has 1 fully saturated rings. The second kappa shape index (κ2) is 5.16. The van der Waals surface area contributed by atoms with Crippen LogP contribution >= 0.6 is 11.6 Å². The average molecular weight is 270 g/mol. The van der Waals surface area contributed by atoms with Crippen LogP contribution in [0.5, 0.6) is 0 Å². The molecule has 1 aliphatic rings. The number of carboxylic acid groups (broad SMARTS) is 1. The van der Waals surface area contributed by atoms with Gasteiger partial charge in [-0.25, -0.2) is 4.79 Å². The third-order valence-corrected chi connectivity index (χ3v) is 3.19. The molecular formula is C13H16ClNO3. The van der Waals surface area contributed by atoms with Crippen molar-refractivity contribution in [1.82, 2.24) is 0 Å². The fraction of sp³-hybridized carbons (Fsp3) is 0.462. The van der Waals surface area contributed by atoms with Crippen LogP contribution in [0.25, 0.3) is 0 Å². The van der Waals surface area contributed by atoms with Crippen molar-refractivity contribution in [3.63, 3.8) is 0 Å². The Morgan fingerprint density at radius 1 is 1.39 bits per heavy atom. The van der Waals surface area contributed by atoms with Crippen molar-refractivity contribution in [3.8, 4) is 0 Å². The standard InChI is InChI=1S/C13H16ClNO3/c1-8-6-15(7-9(2)18-8)12-5-10(14)3-4-11(12)13(16)17/h3-5,8-9H,6-7H2,1-2H3,(H,16,17). The van der Waals surface area contributed by atoms with Crippen molar-refractivity contribution in [1.29, 1.82) is 0 Å². The van der Waals surface area contributed by atoms with E-state index in [1.807, 2.05) is 18.7 Å². The maximum absolute atomic E-state index is 11.2. The number of carboxylic acids is 1. The third kappa shape index (κ3) is 2.76. The topological polar surface area (TPSA) is 49.8 Å². The molecule has 4 nitrogen and oxygen atoms in total.